The van der Waals surface area contributed by atoms with Crippen molar-refractivity contribution in [1.82, 2.24) is 5.32 Å². The molecule has 0 aromatic carbocycles. The first kappa shape index (κ1) is 38.8. The number of carbonyl (C=O) groups is 1. The Kier molecular flexibility index (Phi) is 9.52. The Bertz CT molecular complexity index is 1500. The lowest BCUT2D eigenvalue weighted by Gasteiger charge is -2.72. The van der Waals surface area contributed by atoms with Crippen LogP contribution in [0.1, 0.15) is 158 Å². The molecule has 0 spiro atoms. The van der Waals surface area contributed by atoms with Crippen LogP contribution >= 0.6 is 0 Å². The van der Waals surface area contributed by atoms with Gasteiger partial charge in [-0.15, -0.1) is 0 Å². The third kappa shape index (κ3) is 5.70. The molecule has 292 valence electrons. The monoisotopic (exact) mass is 722 g/mol. The number of alkyl halides is 1. The molecule has 0 saturated heterocycles. The molecule has 1 unspecified atom stereocenters. The highest BCUT2D eigenvalue weighted by Crippen LogP contribution is 2.76. The summed E-state index contributed by atoms with van der Waals surface area (Å²) < 4.78 is 14.0. The van der Waals surface area contributed by atoms with Gasteiger partial charge in [-0.1, -0.05) is 58.9 Å². The van der Waals surface area contributed by atoms with Gasteiger partial charge in [0.1, 0.15) is 6.67 Å². The number of aliphatic hydroxyl groups is 2. The summed E-state index contributed by atoms with van der Waals surface area (Å²) in [6.45, 7) is 21.8. The van der Waals surface area contributed by atoms with Gasteiger partial charge in [-0.25, -0.2) is 4.39 Å². The molecule has 0 bridgehead atoms. The minimum atomic E-state index is -1.26. The topological polar surface area (TPSA) is 89.8 Å². The second-order valence-corrected chi connectivity index (χ2v) is 21.4. The fourth-order valence-electron chi connectivity index (χ4n) is 15.2. The van der Waals surface area contributed by atoms with Crippen molar-refractivity contribution in [2.24, 2.45) is 56.7 Å². The van der Waals surface area contributed by atoms with Crippen LogP contribution < -0.4 is 5.32 Å². The number of fused-ring (bicyclic) bond motifs is 7. The lowest BCUT2D eigenvalue weighted by molar-refractivity contribution is -0.221. The van der Waals surface area contributed by atoms with Gasteiger partial charge in [0.05, 0.1) is 16.6 Å². The van der Waals surface area contributed by atoms with Gasteiger partial charge in [0.15, 0.2) is 0 Å². The van der Waals surface area contributed by atoms with Crippen LogP contribution in [0.3, 0.4) is 0 Å². The fourth-order valence-corrected chi connectivity index (χ4v) is 15.2. The SMILES string of the molecule is C=C(C)C1CC[C@]2(NCCC3(O)CCC(C)(O)CC3)CC[C@]3(C)[C@H](CC[C@@H]4[C@@]5(C)CC=C(C6=CC[C@](CF)(C(=O)O)CC6)C(C)(C)[C@@H]5CC[C@]43C)[C@@H]12. The highest BCUT2D eigenvalue weighted by Gasteiger charge is 2.70. The van der Waals surface area contributed by atoms with Crippen LogP contribution in [-0.4, -0.2) is 51.2 Å². The molecule has 7 rings (SSSR count). The van der Waals surface area contributed by atoms with E-state index < -0.39 is 29.3 Å². The van der Waals surface area contributed by atoms with E-state index in [0.29, 0.717) is 68.1 Å². The molecule has 4 N–H and O–H groups in total. The van der Waals surface area contributed by atoms with Crippen molar-refractivity contribution in [3.8, 4) is 0 Å². The van der Waals surface area contributed by atoms with Crippen molar-refractivity contribution >= 4 is 5.97 Å². The predicted octanol–water partition coefficient (Wildman–Crippen LogP) is 10.1. The van der Waals surface area contributed by atoms with Crippen LogP contribution in [0.5, 0.6) is 0 Å². The number of hydrogen-bond donors (Lipinski definition) is 4. The largest absolute Gasteiger partial charge is 0.481 e. The van der Waals surface area contributed by atoms with Gasteiger partial charge in [-0.05, 0) is 192 Å². The number of halogens is 1. The molecule has 0 radical (unpaired) electrons. The molecule has 0 heterocycles. The van der Waals surface area contributed by atoms with E-state index in [1.807, 2.05) is 6.92 Å². The van der Waals surface area contributed by atoms with Crippen molar-refractivity contribution < 1.29 is 24.5 Å². The zero-order valence-corrected chi connectivity index (χ0v) is 33.8. The number of rotatable bonds is 8. The van der Waals surface area contributed by atoms with Gasteiger partial charge in [0, 0.05) is 5.54 Å². The summed E-state index contributed by atoms with van der Waals surface area (Å²) >= 11 is 0. The first-order chi connectivity index (χ1) is 24.2. The Morgan fingerprint density at radius 2 is 1.56 bits per heavy atom. The third-order valence-electron chi connectivity index (χ3n) is 18.6. The Balaban J connectivity index is 1.13. The number of carboxylic acids is 1. The van der Waals surface area contributed by atoms with Gasteiger partial charge in [-0.2, -0.15) is 0 Å². The Labute approximate surface area is 314 Å². The van der Waals surface area contributed by atoms with Crippen molar-refractivity contribution in [2.45, 2.75) is 174 Å². The van der Waals surface area contributed by atoms with E-state index in [1.165, 1.54) is 68.1 Å². The van der Waals surface area contributed by atoms with E-state index >= 15 is 0 Å². The molecule has 52 heavy (non-hydrogen) atoms. The Morgan fingerprint density at radius 3 is 2.17 bits per heavy atom. The predicted molar refractivity (Wildman–Crippen MR) is 207 cm³/mol. The number of allylic oxidation sites excluding steroid dienone is 5. The van der Waals surface area contributed by atoms with Crippen LogP contribution in [0.2, 0.25) is 0 Å². The maximum absolute atomic E-state index is 14.0. The van der Waals surface area contributed by atoms with E-state index in [9.17, 15) is 24.5 Å². The molecule has 6 heteroatoms. The van der Waals surface area contributed by atoms with Crippen molar-refractivity contribution in [3.05, 3.63) is 35.5 Å². The number of aliphatic carboxylic acids is 1. The quantitative estimate of drug-likeness (QED) is 0.187. The van der Waals surface area contributed by atoms with Crippen LogP contribution in [0.4, 0.5) is 4.39 Å². The molecule has 0 aromatic heterocycles. The second kappa shape index (κ2) is 12.8. The third-order valence-corrected chi connectivity index (χ3v) is 18.6. The lowest BCUT2D eigenvalue weighted by Crippen LogP contribution is -2.68. The Hall–Kier alpha value is -1.50. The van der Waals surface area contributed by atoms with E-state index in [2.05, 4.69) is 65.6 Å². The molecule has 7 aliphatic carbocycles. The average Bonchev–Trinajstić information content (AvgIpc) is 3.46. The fraction of sp³-hybridized carbons (Fsp3) is 0.848. The lowest BCUT2D eigenvalue weighted by atomic mass is 9.33. The van der Waals surface area contributed by atoms with Gasteiger partial charge in [0.2, 0.25) is 0 Å². The van der Waals surface area contributed by atoms with Crippen LogP contribution in [-0.2, 0) is 4.79 Å². The molecule has 5 fully saturated rings. The molecule has 0 aliphatic heterocycles. The highest BCUT2D eigenvalue weighted by atomic mass is 19.1. The van der Waals surface area contributed by atoms with Crippen molar-refractivity contribution in [3.63, 3.8) is 0 Å². The van der Waals surface area contributed by atoms with Crippen LogP contribution in [0.25, 0.3) is 0 Å². The zero-order chi connectivity index (χ0) is 37.8. The summed E-state index contributed by atoms with van der Waals surface area (Å²) in [5.41, 5.74) is 2.23. The first-order valence-corrected chi connectivity index (χ1v) is 21.3. The van der Waals surface area contributed by atoms with Gasteiger partial charge < -0.3 is 20.6 Å². The van der Waals surface area contributed by atoms with Crippen molar-refractivity contribution in [1.29, 1.82) is 0 Å². The average molecular weight is 722 g/mol. The van der Waals surface area contributed by atoms with E-state index in [4.69, 9.17) is 0 Å². The maximum Gasteiger partial charge on any atom is 0.312 e. The molecule has 0 amide bonds. The summed E-state index contributed by atoms with van der Waals surface area (Å²) in [5, 5.41) is 36.0. The van der Waals surface area contributed by atoms with E-state index in [0.717, 1.165) is 19.4 Å². The second-order valence-electron chi connectivity index (χ2n) is 21.4. The molecule has 0 aromatic rings. The summed E-state index contributed by atoms with van der Waals surface area (Å²) in [4.78, 5) is 12.0. The standard InChI is InChI=1S/C46H72FNO4/c1-30(2)32-13-20-46(48-28-27-45(52)24-21-40(5,51)22-25-45)26-23-42(7)34(37(32)46)9-10-36-41(6)16-14-33(39(3,4)35(41)15-17-43(36,42)8)31-11-18-44(29-47,19-12-31)38(49)50/h11,14,32,34-37,48,51-52H,1,9-10,12-13,15-29H2,2-8H3,(H,49,50)/t32?,34-,35+,36-,37-,40?,41+,42-,43-,44+,45?,46+/m1/s1. The van der Waals surface area contributed by atoms with Gasteiger partial charge in [0.25, 0.3) is 0 Å². The molecule has 5 nitrogen and oxygen atoms in total. The number of carboxylic acid groups (broad SMARTS) is 1. The summed E-state index contributed by atoms with van der Waals surface area (Å²) in [7, 11) is 0. The highest BCUT2D eigenvalue weighted by molar-refractivity contribution is 5.75. The molecular formula is C46H72FNO4. The first-order valence-electron chi connectivity index (χ1n) is 21.3. The van der Waals surface area contributed by atoms with Crippen LogP contribution in [0, 0.1) is 56.7 Å². The van der Waals surface area contributed by atoms with E-state index in [-0.39, 0.29) is 33.6 Å². The normalized spacial score (nSPS) is 49.8. The molecule has 10 atom stereocenters. The molecule has 5 saturated carbocycles. The summed E-state index contributed by atoms with van der Waals surface area (Å²) in [5.74, 6) is 1.96. The summed E-state index contributed by atoms with van der Waals surface area (Å²) in [6, 6.07) is 0. The van der Waals surface area contributed by atoms with Crippen molar-refractivity contribution in [2.75, 3.05) is 13.2 Å². The maximum atomic E-state index is 14.0. The minimum Gasteiger partial charge on any atom is -0.481 e. The summed E-state index contributed by atoms with van der Waals surface area (Å²) in [6.07, 6.45) is 20.4. The molecular weight excluding hydrogens is 650 g/mol. The zero-order valence-electron chi connectivity index (χ0n) is 33.8. The van der Waals surface area contributed by atoms with Gasteiger partial charge in [-0.3, -0.25) is 4.79 Å². The number of hydrogen-bond acceptors (Lipinski definition) is 4. The minimum absolute atomic E-state index is 0.0167. The molecule has 7 aliphatic rings. The van der Waals surface area contributed by atoms with E-state index in [1.54, 1.807) is 0 Å². The Morgan fingerprint density at radius 1 is 0.846 bits per heavy atom. The van der Waals surface area contributed by atoms with Crippen LogP contribution in [0.15, 0.2) is 35.5 Å². The number of nitrogens with one attached hydrogen (secondary N) is 1. The van der Waals surface area contributed by atoms with Gasteiger partial charge >= 0.3 is 5.97 Å². The smallest absolute Gasteiger partial charge is 0.312 e.